The first-order chi connectivity index (χ1) is 8.72. The average molecular weight is 245 g/mol. The standard InChI is InChI=1S/C14H16FN3/c1-2-18(10-11-6-8-17-9-7-11)14-12(15)4-3-5-13(14)16/h3-9H,2,10,16H2,1H3. The molecule has 94 valence electrons. The highest BCUT2D eigenvalue weighted by Crippen LogP contribution is 2.27. The van der Waals surface area contributed by atoms with E-state index in [2.05, 4.69) is 4.98 Å². The predicted octanol–water partition coefficient (Wildman–Crippen LogP) is 2.83. The molecule has 0 aliphatic heterocycles. The van der Waals surface area contributed by atoms with Gasteiger partial charge in [0.25, 0.3) is 0 Å². The topological polar surface area (TPSA) is 42.2 Å². The van der Waals surface area contributed by atoms with Gasteiger partial charge < -0.3 is 10.6 Å². The van der Waals surface area contributed by atoms with Gasteiger partial charge in [-0.2, -0.15) is 0 Å². The van der Waals surface area contributed by atoms with E-state index in [4.69, 9.17) is 5.73 Å². The number of benzene rings is 1. The summed E-state index contributed by atoms with van der Waals surface area (Å²) >= 11 is 0. The smallest absolute Gasteiger partial charge is 0.148 e. The van der Waals surface area contributed by atoms with Crippen LogP contribution in [0, 0.1) is 5.82 Å². The van der Waals surface area contributed by atoms with Crippen molar-refractivity contribution in [1.82, 2.24) is 4.98 Å². The van der Waals surface area contributed by atoms with Crippen LogP contribution in [0.4, 0.5) is 15.8 Å². The van der Waals surface area contributed by atoms with Gasteiger partial charge in [-0.1, -0.05) is 6.07 Å². The molecule has 0 saturated carbocycles. The fourth-order valence-corrected chi connectivity index (χ4v) is 1.92. The number of aromatic nitrogens is 1. The zero-order valence-electron chi connectivity index (χ0n) is 10.3. The Morgan fingerprint density at radius 3 is 2.56 bits per heavy atom. The van der Waals surface area contributed by atoms with Crippen LogP contribution in [0.1, 0.15) is 12.5 Å². The number of anilines is 2. The van der Waals surface area contributed by atoms with E-state index >= 15 is 0 Å². The Bertz CT molecular complexity index is 493. The van der Waals surface area contributed by atoms with Gasteiger partial charge in [-0.05, 0) is 36.8 Å². The second-order valence-corrected chi connectivity index (χ2v) is 4.05. The van der Waals surface area contributed by atoms with Crippen molar-refractivity contribution in [3.63, 3.8) is 0 Å². The fraction of sp³-hybridized carbons (Fsp3) is 0.214. The van der Waals surface area contributed by atoms with E-state index in [0.717, 1.165) is 5.56 Å². The zero-order chi connectivity index (χ0) is 13.0. The predicted molar refractivity (Wildman–Crippen MR) is 71.8 cm³/mol. The summed E-state index contributed by atoms with van der Waals surface area (Å²) < 4.78 is 13.9. The largest absolute Gasteiger partial charge is 0.397 e. The molecule has 2 rings (SSSR count). The summed E-state index contributed by atoms with van der Waals surface area (Å²) in [5, 5.41) is 0. The number of hydrogen-bond acceptors (Lipinski definition) is 3. The van der Waals surface area contributed by atoms with Gasteiger partial charge in [0.15, 0.2) is 0 Å². The summed E-state index contributed by atoms with van der Waals surface area (Å²) in [5.41, 5.74) is 7.87. The molecule has 1 heterocycles. The summed E-state index contributed by atoms with van der Waals surface area (Å²) in [6.45, 7) is 3.28. The average Bonchev–Trinajstić information content (AvgIpc) is 2.38. The third kappa shape index (κ3) is 2.59. The minimum atomic E-state index is -0.286. The molecular formula is C14H16FN3. The number of para-hydroxylation sites is 1. The maximum Gasteiger partial charge on any atom is 0.148 e. The summed E-state index contributed by atoms with van der Waals surface area (Å²) in [7, 11) is 0. The molecule has 0 spiro atoms. The van der Waals surface area contributed by atoms with E-state index in [0.29, 0.717) is 24.5 Å². The molecular weight excluding hydrogens is 229 g/mol. The number of hydrogen-bond donors (Lipinski definition) is 1. The molecule has 3 nitrogen and oxygen atoms in total. The van der Waals surface area contributed by atoms with E-state index in [-0.39, 0.29) is 5.82 Å². The summed E-state index contributed by atoms with van der Waals surface area (Å²) in [6.07, 6.45) is 3.46. The molecule has 18 heavy (non-hydrogen) atoms. The molecule has 0 unspecified atom stereocenters. The molecule has 0 atom stereocenters. The number of nitrogens with zero attached hydrogens (tertiary/aromatic N) is 2. The van der Waals surface area contributed by atoms with Gasteiger partial charge in [0.05, 0.1) is 11.4 Å². The first-order valence-corrected chi connectivity index (χ1v) is 5.90. The van der Waals surface area contributed by atoms with Crippen molar-refractivity contribution in [2.45, 2.75) is 13.5 Å². The van der Waals surface area contributed by atoms with Crippen molar-refractivity contribution in [2.24, 2.45) is 0 Å². The summed E-state index contributed by atoms with van der Waals surface area (Å²) in [6, 6.07) is 8.60. The van der Waals surface area contributed by atoms with Crippen LogP contribution in [0.15, 0.2) is 42.7 Å². The maximum atomic E-state index is 13.9. The number of nitrogen functional groups attached to an aromatic ring is 1. The van der Waals surface area contributed by atoms with Crippen LogP contribution in [-0.2, 0) is 6.54 Å². The normalized spacial score (nSPS) is 10.3. The fourth-order valence-electron chi connectivity index (χ4n) is 1.92. The molecule has 4 heteroatoms. The molecule has 0 aliphatic carbocycles. The Labute approximate surface area is 106 Å². The lowest BCUT2D eigenvalue weighted by atomic mass is 10.2. The zero-order valence-corrected chi connectivity index (χ0v) is 10.3. The van der Waals surface area contributed by atoms with Gasteiger partial charge in [0.1, 0.15) is 5.82 Å². The van der Waals surface area contributed by atoms with Crippen LogP contribution in [-0.4, -0.2) is 11.5 Å². The van der Waals surface area contributed by atoms with Crippen LogP contribution in [0.3, 0.4) is 0 Å². The van der Waals surface area contributed by atoms with Gasteiger partial charge in [-0.25, -0.2) is 4.39 Å². The Kier molecular flexibility index (Phi) is 3.77. The van der Waals surface area contributed by atoms with Crippen LogP contribution >= 0.6 is 0 Å². The van der Waals surface area contributed by atoms with Gasteiger partial charge in [-0.15, -0.1) is 0 Å². The lowest BCUT2D eigenvalue weighted by Crippen LogP contribution is -2.24. The lowest BCUT2D eigenvalue weighted by Gasteiger charge is -2.25. The van der Waals surface area contributed by atoms with Gasteiger partial charge in [0, 0.05) is 25.5 Å². The highest BCUT2D eigenvalue weighted by atomic mass is 19.1. The molecule has 1 aromatic heterocycles. The SMILES string of the molecule is CCN(Cc1ccncc1)c1c(N)cccc1F. The van der Waals surface area contributed by atoms with Gasteiger partial charge >= 0.3 is 0 Å². The third-order valence-electron chi connectivity index (χ3n) is 2.84. The molecule has 1 aromatic carbocycles. The van der Waals surface area contributed by atoms with E-state index in [9.17, 15) is 4.39 Å². The number of pyridine rings is 1. The maximum absolute atomic E-state index is 13.9. The van der Waals surface area contributed by atoms with Gasteiger partial charge in [0.2, 0.25) is 0 Å². The van der Waals surface area contributed by atoms with Crippen molar-refractivity contribution in [1.29, 1.82) is 0 Å². The van der Waals surface area contributed by atoms with Gasteiger partial charge in [-0.3, -0.25) is 4.98 Å². The molecule has 2 aromatic rings. The number of halogens is 1. The van der Waals surface area contributed by atoms with E-state index < -0.39 is 0 Å². The van der Waals surface area contributed by atoms with E-state index in [1.807, 2.05) is 24.0 Å². The third-order valence-corrected chi connectivity index (χ3v) is 2.84. The monoisotopic (exact) mass is 245 g/mol. The highest BCUT2D eigenvalue weighted by Gasteiger charge is 2.13. The van der Waals surface area contributed by atoms with Crippen LogP contribution in [0.5, 0.6) is 0 Å². The van der Waals surface area contributed by atoms with Crippen LogP contribution < -0.4 is 10.6 Å². The quantitative estimate of drug-likeness (QED) is 0.842. The first kappa shape index (κ1) is 12.4. The number of rotatable bonds is 4. The second kappa shape index (κ2) is 5.49. The Balaban J connectivity index is 2.29. The minimum absolute atomic E-state index is 0.286. The Hall–Kier alpha value is -2.10. The van der Waals surface area contributed by atoms with Crippen molar-refractivity contribution >= 4 is 11.4 Å². The van der Waals surface area contributed by atoms with Crippen molar-refractivity contribution < 1.29 is 4.39 Å². The number of nitrogens with two attached hydrogens (primary N) is 1. The van der Waals surface area contributed by atoms with Crippen LogP contribution in [0.2, 0.25) is 0 Å². The van der Waals surface area contributed by atoms with Crippen molar-refractivity contribution in [2.75, 3.05) is 17.2 Å². The van der Waals surface area contributed by atoms with E-state index in [1.165, 1.54) is 6.07 Å². The molecule has 2 N–H and O–H groups in total. The lowest BCUT2D eigenvalue weighted by molar-refractivity contribution is 0.618. The second-order valence-electron chi connectivity index (χ2n) is 4.05. The van der Waals surface area contributed by atoms with E-state index in [1.54, 1.807) is 24.5 Å². The molecule has 0 fully saturated rings. The Morgan fingerprint density at radius 1 is 1.22 bits per heavy atom. The minimum Gasteiger partial charge on any atom is -0.397 e. The van der Waals surface area contributed by atoms with Crippen LogP contribution in [0.25, 0.3) is 0 Å². The van der Waals surface area contributed by atoms with Crippen molar-refractivity contribution in [3.05, 3.63) is 54.1 Å². The Morgan fingerprint density at radius 2 is 1.94 bits per heavy atom. The summed E-state index contributed by atoms with van der Waals surface area (Å²) in [4.78, 5) is 5.89. The highest BCUT2D eigenvalue weighted by molar-refractivity contribution is 5.68. The summed E-state index contributed by atoms with van der Waals surface area (Å²) in [5.74, 6) is -0.286. The molecule has 0 bridgehead atoms. The molecule has 0 aliphatic rings. The molecule has 0 saturated heterocycles. The molecule has 0 amide bonds. The van der Waals surface area contributed by atoms with Crippen molar-refractivity contribution in [3.8, 4) is 0 Å². The first-order valence-electron chi connectivity index (χ1n) is 5.90. The molecule has 0 radical (unpaired) electrons.